The number of rotatable bonds is 6. The Hall–Kier alpha value is -4.39. The summed E-state index contributed by atoms with van der Waals surface area (Å²) in [6.45, 7) is 2.54. The van der Waals surface area contributed by atoms with E-state index in [2.05, 4.69) is 9.97 Å². The standard InChI is InChI=1S/C27H23N3O4/c1-2-15-34-19-12-8-11-18(16-19)24(31)22-23(17-9-4-3-5-10-17)30(26(33)25(22)32)27-28-20-13-6-7-14-21(20)29-27/h3-14,16,23,31H,2,15H2,1H3,(H,28,29)/b24-22+. The number of fused-ring (bicyclic) bond motifs is 1. The Morgan fingerprint density at radius 1 is 1.03 bits per heavy atom. The molecule has 1 aliphatic rings. The van der Waals surface area contributed by atoms with Gasteiger partial charge in [0.2, 0.25) is 5.95 Å². The number of nitrogens with one attached hydrogen (secondary N) is 1. The van der Waals surface area contributed by atoms with E-state index in [-0.39, 0.29) is 17.3 Å². The number of aromatic amines is 1. The van der Waals surface area contributed by atoms with Crippen LogP contribution >= 0.6 is 0 Å². The number of aliphatic hydroxyl groups is 1. The number of nitrogens with zero attached hydrogens (tertiary/aromatic N) is 2. The van der Waals surface area contributed by atoms with Gasteiger partial charge in [-0.3, -0.25) is 14.5 Å². The molecule has 0 radical (unpaired) electrons. The van der Waals surface area contributed by atoms with E-state index >= 15 is 0 Å². The van der Waals surface area contributed by atoms with Gasteiger partial charge in [0.25, 0.3) is 5.78 Å². The van der Waals surface area contributed by atoms with E-state index in [0.29, 0.717) is 29.0 Å². The van der Waals surface area contributed by atoms with E-state index in [0.717, 1.165) is 11.9 Å². The number of benzene rings is 3. The number of aliphatic hydroxyl groups excluding tert-OH is 1. The lowest BCUT2D eigenvalue weighted by Gasteiger charge is -2.23. The molecule has 5 rings (SSSR count). The summed E-state index contributed by atoms with van der Waals surface area (Å²) < 4.78 is 5.68. The van der Waals surface area contributed by atoms with Gasteiger partial charge in [-0.2, -0.15) is 0 Å². The largest absolute Gasteiger partial charge is 0.507 e. The van der Waals surface area contributed by atoms with Gasteiger partial charge in [0.15, 0.2) is 0 Å². The maximum atomic E-state index is 13.3. The van der Waals surface area contributed by atoms with Gasteiger partial charge in [-0.05, 0) is 36.2 Å². The molecule has 2 heterocycles. The Kier molecular flexibility index (Phi) is 5.59. The number of anilines is 1. The first-order chi connectivity index (χ1) is 16.6. The molecule has 1 aromatic heterocycles. The van der Waals surface area contributed by atoms with Crippen molar-refractivity contribution in [1.29, 1.82) is 0 Å². The van der Waals surface area contributed by atoms with Gasteiger partial charge in [0, 0.05) is 5.56 Å². The minimum atomic E-state index is -0.845. The van der Waals surface area contributed by atoms with E-state index in [9.17, 15) is 14.7 Å². The van der Waals surface area contributed by atoms with Gasteiger partial charge < -0.3 is 14.8 Å². The number of H-pyrrole nitrogens is 1. The van der Waals surface area contributed by atoms with Crippen LogP contribution in [0.1, 0.15) is 30.5 Å². The molecule has 1 amide bonds. The molecule has 1 fully saturated rings. The average molecular weight is 453 g/mol. The fourth-order valence-electron chi connectivity index (χ4n) is 4.16. The van der Waals surface area contributed by atoms with Crippen molar-refractivity contribution in [2.45, 2.75) is 19.4 Å². The molecule has 1 unspecified atom stereocenters. The van der Waals surface area contributed by atoms with Crippen LogP contribution in [0.5, 0.6) is 5.75 Å². The number of Topliss-reactive ketones (excluding diaryl/α,β-unsaturated/α-hetero) is 1. The van der Waals surface area contributed by atoms with Crippen molar-refractivity contribution in [3.8, 4) is 5.75 Å². The van der Waals surface area contributed by atoms with Crippen molar-refractivity contribution >= 4 is 34.4 Å². The van der Waals surface area contributed by atoms with Crippen LogP contribution in [-0.2, 0) is 9.59 Å². The van der Waals surface area contributed by atoms with Gasteiger partial charge in [0.05, 0.1) is 29.3 Å². The maximum Gasteiger partial charge on any atom is 0.302 e. The Labute approximate surface area is 196 Å². The summed E-state index contributed by atoms with van der Waals surface area (Å²) in [7, 11) is 0. The lowest BCUT2D eigenvalue weighted by molar-refractivity contribution is -0.132. The smallest absolute Gasteiger partial charge is 0.302 e. The van der Waals surface area contributed by atoms with E-state index in [4.69, 9.17) is 4.74 Å². The zero-order valence-electron chi connectivity index (χ0n) is 18.6. The van der Waals surface area contributed by atoms with Crippen LogP contribution in [0.15, 0.2) is 84.4 Å². The van der Waals surface area contributed by atoms with Crippen LogP contribution in [0.3, 0.4) is 0 Å². The first kappa shape index (κ1) is 21.5. The summed E-state index contributed by atoms with van der Waals surface area (Å²) in [5.74, 6) is -0.961. The summed E-state index contributed by atoms with van der Waals surface area (Å²) in [4.78, 5) is 35.5. The summed E-state index contributed by atoms with van der Waals surface area (Å²) in [5, 5.41) is 11.3. The fourth-order valence-corrected chi connectivity index (χ4v) is 4.16. The number of imidazole rings is 1. The molecule has 0 bridgehead atoms. The number of aromatic nitrogens is 2. The van der Waals surface area contributed by atoms with Crippen molar-refractivity contribution in [3.63, 3.8) is 0 Å². The average Bonchev–Trinajstić information content (AvgIpc) is 3.41. The minimum absolute atomic E-state index is 0.00398. The van der Waals surface area contributed by atoms with Crippen molar-refractivity contribution in [2.24, 2.45) is 0 Å². The number of hydrogen-bond donors (Lipinski definition) is 2. The highest BCUT2D eigenvalue weighted by Gasteiger charge is 2.48. The molecule has 1 aliphatic heterocycles. The second-order valence-corrected chi connectivity index (χ2v) is 8.03. The number of hydrogen-bond acceptors (Lipinski definition) is 5. The van der Waals surface area contributed by atoms with Gasteiger partial charge in [0.1, 0.15) is 11.5 Å². The molecule has 4 aromatic rings. The number of para-hydroxylation sites is 2. The second kappa shape index (κ2) is 8.86. The molecule has 0 saturated carbocycles. The SMILES string of the molecule is CCCOc1cccc(/C(O)=C2\C(=O)C(=O)N(c3nc4ccccc4[nH]3)C2c2ccccc2)c1. The third-order valence-electron chi connectivity index (χ3n) is 5.75. The first-order valence-electron chi connectivity index (χ1n) is 11.1. The van der Waals surface area contributed by atoms with Crippen LogP contribution in [0.2, 0.25) is 0 Å². The monoisotopic (exact) mass is 453 g/mol. The molecule has 170 valence electrons. The topological polar surface area (TPSA) is 95.5 Å². The van der Waals surface area contributed by atoms with E-state index in [1.807, 2.05) is 61.5 Å². The van der Waals surface area contributed by atoms with Crippen LogP contribution in [0.25, 0.3) is 16.8 Å². The molecule has 0 spiro atoms. The minimum Gasteiger partial charge on any atom is -0.507 e. The first-order valence-corrected chi connectivity index (χ1v) is 11.1. The molecule has 3 aromatic carbocycles. The lowest BCUT2D eigenvalue weighted by atomic mass is 9.95. The molecule has 34 heavy (non-hydrogen) atoms. The zero-order valence-corrected chi connectivity index (χ0v) is 18.6. The molecular weight excluding hydrogens is 430 g/mol. The quantitative estimate of drug-likeness (QED) is 0.244. The summed E-state index contributed by atoms with van der Waals surface area (Å²) in [5.41, 5.74) is 2.50. The summed E-state index contributed by atoms with van der Waals surface area (Å²) in [6, 6.07) is 22.6. The van der Waals surface area contributed by atoms with E-state index < -0.39 is 17.7 Å². The summed E-state index contributed by atoms with van der Waals surface area (Å²) in [6.07, 6.45) is 0.840. The van der Waals surface area contributed by atoms with Crippen LogP contribution < -0.4 is 9.64 Å². The zero-order chi connectivity index (χ0) is 23.7. The Morgan fingerprint density at radius 2 is 1.79 bits per heavy atom. The number of carbonyl (C=O) groups is 2. The van der Waals surface area contributed by atoms with Gasteiger partial charge in [-0.25, -0.2) is 4.98 Å². The Balaban J connectivity index is 1.67. The fraction of sp³-hybridized carbons (Fsp3) is 0.148. The van der Waals surface area contributed by atoms with Crippen LogP contribution in [0, 0.1) is 0 Å². The summed E-state index contributed by atoms with van der Waals surface area (Å²) >= 11 is 0. The Bertz CT molecular complexity index is 1370. The van der Waals surface area contributed by atoms with E-state index in [1.165, 1.54) is 4.90 Å². The molecule has 0 aliphatic carbocycles. The van der Waals surface area contributed by atoms with Crippen molar-refractivity contribution < 1.29 is 19.4 Å². The number of carbonyl (C=O) groups excluding carboxylic acids is 2. The molecular formula is C27H23N3O4. The van der Waals surface area contributed by atoms with Crippen molar-refractivity contribution in [3.05, 3.63) is 95.6 Å². The maximum absolute atomic E-state index is 13.3. The van der Waals surface area contributed by atoms with E-state index in [1.54, 1.807) is 24.3 Å². The highest BCUT2D eigenvalue weighted by atomic mass is 16.5. The highest BCUT2D eigenvalue weighted by Crippen LogP contribution is 2.41. The predicted molar refractivity (Wildman–Crippen MR) is 130 cm³/mol. The Morgan fingerprint density at radius 3 is 2.56 bits per heavy atom. The predicted octanol–water partition coefficient (Wildman–Crippen LogP) is 4.98. The number of amides is 1. The van der Waals surface area contributed by atoms with Gasteiger partial charge >= 0.3 is 5.91 Å². The molecule has 7 heteroatoms. The molecule has 1 atom stereocenters. The third kappa shape index (κ3) is 3.71. The molecule has 2 N–H and O–H groups in total. The van der Waals surface area contributed by atoms with Crippen molar-refractivity contribution in [2.75, 3.05) is 11.5 Å². The molecule has 1 saturated heterocycles. The molecule has 7 nitrogen and oxygen atoms in total. The third-order valence-corrected chi connectivity index (χ3v) is 5.75. The highest BCUT2D eigenvalue weighted by molar-refractivity contribution is 6.51. The van der Waals surface area contributed by atoms with Crippen molar-refractivity contribution in [1.82, 2.24) is 9.97 Å². The number of ketones is 1. The second-order valence-electron chi connectivity index (χ2n) is 8.03. The van der Waals surface area contributed by atoms with Gasteiger partial charge in [-0.15, -0.1) is 0 Å². The lowest BCUT2D eigenvalue weighted by Crippen LogP contribution is -2.30. The van der Waals surface area contributed by atoms with Crippen LogP contribution in [0.4, 0.5) is 5.95 Å². The van der Waals surface area contributed by atoms with Crippen LogP contribution in [-0.4, -0.2) is 33.4 Å². The number of ether oxygens (including phenoxy) is 1. The van der Waals surface area contributed by atoms with Gasteiger partial charge in [-0.1, -0.05) is 61.5 Å². The normalized spacial score (nSPS) is 17.4.